The Morgan fingerprint density at radius 3 is 2.70 bits per heavy atom. The van der Waals surface area contributed by atoms with Crippen molar-refractivity contribution in [3.05, 3.63) is 83.1 Å². The van der Waals surface area contributed by atoms with E-state index < -0.39 is 5.91 Å². The zero-order valence-electron chi connectivity index (χ0n) is 16.3. The molecule has 2 aromatic carbocycles. The Morgan fingerprint density at radius 2 is 1.97 bits per heavy atom. The SMILES string of the molecule is COc1cccc(-n2nnc(C(=O)Nc3ccc(C)cc3Cl)c2-c2ccccn2)c1. The van der Waals surface area contributed by atoms with E-state index in [4.69, 9.17) is 16.3 Å². The molecule has 4 rings (SSSR count). The number of aryl methyl sites for hydroxylation is 1. The second-order valence-corrected chi connectivity index (χ2v) is 6.96. The summed E-state index contributed by atoms with van der Waals surface area (Å²) in [4.78, 5) is 17.5. The van der Waals surface area contributed by atoms with Crippen LogP contribution < -0.4 is 10.1 Å². The van der Waals surface area contributed by atoms with E-state index >= 15 is 0 Å². The van der Waals surface area contributed by atoms with Gasteiger partial charge in [0, 0.05) is 12.3 Å². The summed E-state index contributed by atoms with van der Waals surface area (Å²) in [6.07, 6.45) is 1.65. The lowest BCUT2D eigenvalue weighted by molar-refractivity contribution is 0.102. The van der Waals surface area contributed by atoms with Crippen LogP contribution in [0.2, 0.25) is 5.02 Å². The molecule has 0 bridgehead atoms. The number of halogens is 1. The minimum absolute atomic E-state index is 0.133. The number of anilines is 1. The summed E-state index contributed by atoms with van der Waals surface area (Å²) in [5.41, 5.74) is 3.34. The van der Waals surface area contributed by atoms with Gasteiger partial charge in [-0.3, -0.25) is 9.78 Å². The molecular weight excluding hydrogens is 402 g/mol. The second kappa shape index (κ2) is 8.34. The number of carbonyl (C=O) groups excluding carboxylic acids is 1. The molecule has 0 saturated heterocycles. The molecule has 1 amide bonds. The minimum Gasteiger partial charge on any atom is -0.497 e. The van der Waals surface area contributed by atoms with Crippen LogP contribution in [0.5, 0.6) is 5.75 Å². The fourth-order valence-electron chi connectivity index (χ4n) is 2.99. The number of rotatable bonds is 5. The first-order chi connectivity index (χ1) is 14.6. The lowest BCUT2D eigenvalue weighted by Gasteiger charge is -2.10. The van der Waals surface area contributed by atoms with Gasteiger partial charge in [-0.05, 0) is 48.9 Å². The molecule has 0 fully saturated rings. The Hall–Kier alpha value is -3.71. The standard InChI is InChI=1S/C22H18ClN5O2/c1-14-9-10-18(17(23)12-14)25-22(29)20-21(19-8-3-4-11-24-19)28(27-26-20)15-6-5-7-16(13-15)30-2/h3-13H,1-2H3,(H,25,29). The first kappa shape index (κ1) is 19.6. The molecule has 0 aliphatic heterocycles. The van der Waals surface area contributed by atoms with Crippen LogP contribution in [0.1, 0.15) is 16.1 Å². The van der Waals surface area contributed by atoms with Gasteiger partial charge in [-0.2, -0.15) is 0 Å². The predicted molar refractivity (Wildman–Crippen MR) is 115 cm³/mol. The number of pyridine rings is 1. The number of amides is 1. The van der Waals surface area contributed by atoms with Crippen LogP contribution in [0, 0.1) is 6.92 Å². The van der Waals surface area contributed by atoms with Crippen molar-refractivity contribution in [3.8, 4) is 22.8 Å². The smallest absolute Gasteiger partial charge is 0.278 e. The second-order valence-electron chi connectivity index (χ2n) is 6.55. The number of benzene rings is 2. The van der Waals surface area contributed by atoms with Gasteiger partial charge in [-0.25, -0.2) is 4.68 Å². The molecule has 30 heavy (non-hydrogen) atoms. The maximum absolute atomic E-state index is 13.1. The van der Waals surface area contributed by atoms with Crippen molar-refractivity contribution in [1.82, 2.24) is 20.0 Å². The molecule has 0 atom stereocenters. The third-order valence-corrected chi connectivity index (χ3v) is 4.78. The quantitative estimate of drug-likeness (QED) is 0.513. The van der Waals surface area contributed by atoms with E-state index in [9.17, 15) is 4.79 Å². The third kappa shape index (κ3) is 3.88. The average molecular weight is 420 g/mol. The molecule has 7 nitrogen and oxygen atoms in total. The van der Waals surface area contributed by atoms with Gasteiger partial charge in [0.05, 0.1) is 29.2 Å². The first-order valence-electron chi connectivity index (χ1n) is 9.16. The molecule has 4 aromatic rings. The summed E-state index contributed by atoms with van der Waals surface area (Å²) < 4.78 is 6.87. The number of aromatic nitrogens is 4. The molecular formula is C22H18ClN5O2. The summed E-state index contributed by atoms with van der Waals surface area (Å²) in [5, 5.41) is 11.6. The first-order valence-corrected chi connectivity index (χ1v) is 9.53. The molecule has 150 valence electrons. The number of ether oxygens (including phenoxy) is 1. The zero-order chi connectivity index (χ0) is 21.1. The zero-order valence-corrected chi connectivity index (χ0v) is 17.1. The molecule has 8 heteroatoms. The van der Waals surface area contributed by atoms with E-state index in [0.29, 0.717) is 33.5 Å². The van der Waals surface area contributed by atoms with E-state index in [1.807, 2.05) is 37.3 Å². The number of methoxy groups -OCH3 is 1. The molecule has 0 radical (unpaired) electrons. The van der Waals surface area contributed by atoms with Gasteiger partial charge >= 0.3 is 0 Å². The molecule has 0 aliphatic rings. The van der Waals surface area contributed by atoms with Crippen molar-refractivity contribution in [2.45, 2.75) is 6.92 Å². The average Bonchev–Trinajstić information content (AvgIpc) is 3.22. The van der Waals surface area contributed by atoms with Gasteiger partial charge < -0.3 is 10.1 Å². The van der Waals surface area contributed by atoms with Crippen molar-refractivity contribution >= 4 is 23.2 Å². The normalized spacial score (nSPS) is 10.6. The van der Waals surface area contributed by atoms with E-state index in [2.05, 4.69) is 20.6 Å². The van der Waals surface area contributed by atoms with Gasteiger partial charge in [-0.1, -0.05) is 35.0 Å². The summed E-state index contributed by atoms with van der Waals surface area (Å²) in [6, 6.07) is 18.2. The largest absolute Gasteiger partial charge is 0.497 e. The van der Waals surface area contributed by atoms with Crippen molar-refractivity contribution in [2.24, 2.45) is 0 Å². The molecule has 0 aliphatic carbocycles. The van der Waals surface area contributed by atoms with Crippen LogP contribution in [0.4, 0.5) is 5.69 Å². The van der Waals surface area contributed by atoms with Crippen molar-refractivity contribution in [2.75, 3.05) is 12.4 Å². The summed E-state index contributed by atoms with van der Waals surface area (Å²) >= 11 is 6.27. The van der Waals surface area contributed by atoms with Crippen LogP contribution in [-0.2, 0) is 0 Å². The number of carbonyl (C=O) groups is 1. The maximum Gasteiger partial charge on any atom is 0.278 e. The number of nitrogens with one attached hydrogen (secondary N) is 1. The Morgan fingerprint density at radius 1 is 1.10 bits per heavy atom. The lowest BCUT2D eigenvalue weighted by atomic mass is 10.2. The van der Waals surface area contributed by atoms with Gasteiger partial charge in [0.1, 0.15) is 11.4 Å². The van der Waals surface area contributed by atoms with E-state index in [0.717, 1.165) is 5.56 Å². The molecule has 0 saturated carbocycles. The van der Waals surface area contributed by atoms with Gasteiger partial charge in [0.25, 0.3) is 5.91 Å². The van der Waals surface area contributed by atoms with E-state index in [1.54, 1.807) is 48.3 Å². The van der Waals surface area contributed by atoms with Crippen LogP contribution in [0.3, 0.4) is 0 Å². The molecule has 1 N–H and O–H groups in total. The number of hydrogen-bond donors (Lipinski definition) is 1. The highest BCUT2D eigenvalue weighted by atomic mass is 35.5. The molecule has 2 aromatic heterocycles. The highest BCUT2D eigenvalue weighted by Crippen LogP contribution is 2.28. The van der Waals surface area contributed by atoms with Crippen molar-refractivity contribution in [3.63, 3.8) is 0 Å². The Kier molecular flexibility index (Phi) is 5.45. The highest BCUT2D eigenvalue weighted by Gasteiger charge is 2.24. The topological polar surface area (TPSA) is 81.9 Å². The van der Waals surface area contributed by atoms with Gasteiger partial charge in [0.2, 0.25) is 0 Å². The Labute approximate surface area is 178 Å². The predicted octanol–water partition coefficient (Wildman–Crippen LogP) is 4.55. The summed E-state index contributed by atoms with van der Waals surface area (Å²) in [7, 11) is 1.59. The maximum atomic E-state index is 13.1. The Bertz CT molecular complexity index is 1210. The van der Waals surface area contributed by atoms with Crippen LogP contribution in [-0.4, -0.2) is 33.0 Å². The van der Waals surface area contributed by atoms with E-state index in [1.165, 1.54) is 0 Å². The van der Waals surface area contributed by atoms with Crippen molar-refractivity contribution in [1.29, 1.82) is 0 Å². The highest BCUT2D eigenvalue weighted by molar-refractivity contribution is 6.34. The van der Waals surface area contributed by atoms with Crippen LogP contribution in [0.25, 0.3) is 17.1 Å². The molecule has 0 unspecified atom stereocenters. The number of hydrogen-bond acceptors (Lipinski definition) is 5. The van der Waals surface area contributed by atoms with Crippen LogP contribution in [0.15, 0.2) is 66.9 Å². The minimum atomic E-state index is -0.435. The number of nitrogens with zero attached hydrogens (tertiary/aromatic N) is 4. The van der Waals surface area contributed by atoms with E-state index in [-0.39, 0.29) is 5.69 Å². The fourth-order valence-corrected chi connectivity index (χ4v) is 3.28. The van der Waals surface area contributed by atoms with Gasteiger partial charge in [-0.15, -0.1) is 5.10 Å². The summed E-state index contributed by atoms with van der Waals surface area (Å²) in [5.74, 6) is 0.225. The van der Waals surface area contributed by atoms with Gasteiger partial charge in [0.15, 0.2) is 5.69 Å². The summed E-state index contributed by atoms with van der Waals surface area (Å²) in [6.45, 7) is 1.93. The Balaban J connectivity index is 1.80. The third-order valence-electron chi connectivity index (χ3n) is 4.46. The monoisotopic (exact) mass is 419 g/mol. The van der Waals surface area contributed by atoms with Crippen LogP contribution >= 0.6 is 11.6 Å². The molecule has 0 spiro atoms. The molecule has 2 heterocycles. The van der Waals surface area contributed by atoms with Crippen molar-refractivity contribution < 1.29 is 9.53 Å². The fraction of sp³-hybridized carbons (Fsp3) is 0.0909. The lowest BCUT2D eigenvalue weighted by Crippen LogP contribution is -2.14.